The van der Waals surface area contributed by atoms with Crippen molar-refractivity contribution < 1.29 is 14.6 Å². The average molecular weight is 226 g/mol. The van der Waals surface area contributed by atoms with Crippen LogP contribution in [0, 0.1) is 11.3 Å². The quantitative estimate of drug-likeness (QED) is 0.751. The van der Waals surface area contributed by atoms with Crippen molar-refractivity contribution in [2.24, 2.45) is 11.3 Å². The fourth-order valence-electron chi connectivity index (χ4n) is 3.22. The minimum absolute atomic E-state index is 0.204. The molecule has 0 spiro atoms. The van der Waals surface area contributed by atoms with Crippen LogP contribution < -0.4 is 0 Å². The van der Waals surface area contributed by atoms with Crippen molar-refractivity contribution in [3.8, 4) is 0 Å². The van der Waals surface area contributed by atoms with Gasteiger partial charge in [0.15, 0.2) is 0 Å². The van der Waals surface area contributed by atoms with Crippen molar-refractivity contribution in [1.29, 1.82) is 0 Å². The second-order valence-electron chi connectivity index (χ2n) is 5.46. The van der Waals surface area contributed by atoms with Gasteiger partial charge in [0.05, 0.1) is 18.1 Å². The molecule has 2 aliphatic rings. The molecular formula is C13H22O3. The Hall–Kier alpha value is -0.570. The molecule has 2 rings (SSSR count). The first-order valence-corrected chi connectivity index (χ1v) is 6.39. The lowest BCUT2D eigenvalue weighted by molar-refractivity contribution is -0.163. The summed E-state index contributed by atoms with van der Waals surface area (Å²) >= 11 is 0. The van der Waals surface area contributed by atoms with Gasteiger partial charge in [-0.1, -0.05) is 13.3 Å². The fraction of sp³-hybridized carbons (Fsp3) is 0.923. The maximum Gasteiger partial charge on any atom is 0.314 e. The average Bonchev–Trinajstić information content (AvgIpc) is 3.10. The minimum Gasteiger partial charge on any atom is -0.469 e. The topological polar surface area (TPSA) is 46.5 Å². The highest BCUT2D eigenvalue weighted by atomic mass is 16.5. The summed E-state index contributed by atoms with van der Waals surface area (Å²) in [6, 6.07) is 0. The number of carbonyl (C=O) groups is 1. The zero-order chi connectivity index (χ0) is 11.8. The van der Waals surface area contributed by atoms with E-state index in [1.807, 2.05) is 0 Å². The molecule has 0 unspecified atom stereocenters. The largest absolute Gasteiger partial charge is 0.469 e. The van der Waals surface area contributed by atoms with Gasteiger partial charge in [-0.2, -0.15) is 0 Å². The number of aliphatic hydroxyl groups is 1. The Labute approximate surface area is 97.2 Å². The van der Waals surface area contributed by atoms with Crippen LogP contribution in [0.2, 0.25) is 0 Å². The third-order valence-electron chi connectivity index (χ3n) is 4.73. The van der Waals surface area contributed by atoms with E-state index < -0.39 is 11.0 Å². The van der Waals surface area contributed by atoms with Crippen molar-refractivity contribution in [3.63, 3.8) is 0 Å². The van der Waals surface area contributed by atoms with Crippen LogP contribution in [0.1, 0.15) is 51.9 Å². The van der Waals surface area contributed by atoms with Crippen LogP contribution in [0.4, 0.5) is 0 Å². The molecule has 0 amide bonds. The van der Waals surface area contributed by atoms with Crippen LogP contribution in [0.5, 0.6) is 0 Å². The molecule has 0 aromatic rings. The van der Waals surface area contributed by atoms with Crippen molar-refractivity contribution in [3.05, 3.63) is 0 Å². The van der Waals surface area contributed by atoms with Crippen molar-refractivity contribution in [2.45, 2.75) is 57.5 Å². The number of rotatable bonds is 3. The van der Waals surface area contributed by atoms with Crippen molar-refractivity contribution >= 4 is 5.97 Å². The predicted molar refractivity (Wildman–Crippen MR) is 60.9 cm³/mol. The Bertz CT molecular complexity index is 273. The molecular weight excluding hydrogens is 204 g/mol. The number of methoxy groups -OCH3 is 1. The van der Waals surface area contributed by atoms with E-state index in [1.54, 1.807) is 0 Å². The SMILES string of the molecule is CCC1CCC(O)(C2(C(=O)OC)CC2)CC1. The highest BCUT2D eigenvalue weighted by molar-refractivity contribution is 5.81. The van der Waals surface area contributed by atoms with E-state index in [9.17, 15) is 9.90 Å². The summed E-state index contributed by atoms with van der Waals surface area (Å²) in [6.07, 6.45) is 6.40. The van der Waals surface area contributed by atoms with Gasteiger partial charge >= 0.3 is 5.97 Å². The van der Waals surface area contributed by atoms with Crippen LogP contribution in [0.25, 0.3) is 0 Å². The van der Waals surface area contributed by atoms with Gasteiger partial charge in [0, 0.05) is 0 Å². The smallest absolute Gasteiger partial charge is 0.314 e. The fourth-order valence-corrected chi connectivity index (χ4v) is 3.22. The van der Waals surface area contributed by atoms with Crippen LogP contribution in [0.15, 0.2) is 0 Å². The molecule has 0 atom stereocenters. The standard InChI is InChI=1S/C13H22O3/c1-3-10-4-6-13(15,7-5-10)12(8-9-12)11(14)16-2/h10,15H,3-9H2,1-2H3. The van der Waals surface area contributed by atoms with Gasteiger partial charge in [-0.3, -0.25) is 4.79 Å². The second kappa shape index (κ2) is 4.02. The number of ether oxygens (including phenoxy) is 1. The number of carbonyl (C=O) groups excluding carboxylic acids is 1. The molecule has 0 heterocycles. The highest BCUT2D eigenvalue weighted by Gasteiger charge is 2.64. The second-order valence-corrected chi connectivity index (χ2v) is 5.46. The van der Waals surface area contributed by atoms with E-state index in [0.717, 1.165) is 44.4 Å². The van der Waals surface area contributed by atoms with E-state index in [2.05, 4.69) is 6.92 Å². The Kier molecular flexibility index (Phi) is 2.99. The first kappa shape index (κ1) is 11.9. The zero-order valence-electron chi connectivity index (χ0n) is 10.3. The van der Waals surface area contributed by atoms with Gasteiger partial charge in [0.25, 0.3) is 0 Å². The molecule has 16 heavy (non-hydrogen) atoms. The maximum absolute atomic E-state index is 11.8. The minimum atomic E-state index is -0.786. The van der Waals surface area contributed by atoms with Gasteiger partial charge in [0.1, 0.15) is 0 Å². The molecule has 2 aliphatic carbocycles. The van der Waals surface area contributed by atoms with Crippen molar-refractivity contribution in [1.82, 2.24) is 0 Å². The lowest BCUT2D eigenvalue weighted by Crippen LogP contribution is -2.47. The molecule has 3 heteroatoms. The lowest BCUT2D eigenvalue weighted by Gasteiger charge is -2.40. The number of hydrogen-bond acceptors (Lipinski definition) is 3. The Balaban J connectivity index is 2.07. The molecule has 3 nitrogen and oxygen atoms in total. The Morgan fingerprint density at radius 1 is 1.31 bits per heavy atom. The van der Waals surface area contributed by atoms with E-state index in [0.29, 0.717) is 0 Å². The summed E-state index contributed by atoms with van der Waals surface area (Å²) in [5.41, 5.74) is -1.34. The highest BCUT2D eigenvalue weighted by Crippen LogP contribution is 2.60. The molecule has 0 bridgehead atoms. The van der Waals surface area contributed by atoms with Gasteiger partial charge < -0.3 is 9.84 Å². The first-order chi connectivity index (χ1) is 7.58. The molecule has 1 N–H and O–H groups in total. The molecule has 92 valence electrons. The van der Waals surface area contributed by atoms with Gasteiger partial charge in [-0.05, 0) is 44.4 Å². The monoisotopic (exact) mass is 226 g/mol. The normalized spacial score (nSPS) is 36.8. The van der Waals surface area contributed by atoms with Crippen LogP contribution in [0.3, 0.4) is 0 Å². The number of hydrogen-bond donors (Lipinski definition) is 1. The third kappa shape index (κ3) is 1.65. The summed E-state index contributed by atoms with van der Waals surface area (Å²) in [5.74, 6) is 0.527. The van der Waals surface area contributed by atoms with Crippen molar-refractivity contribution in [2.75, 3.05) is 7.11 Å². The van der Waals surface area contributed by atoms with Gasteiger partial charge in [-0.15, -0.1) is 0 Å². The molecule has 0 aliphatic heterocycles. The molecule has 2 fully saturated rings. The zero-order valence-corrected chi connectivity index (χ0v) is 10.3. The molecule has 2 saturated carbocycles. The Morgan fingerprint density at radius 2 is 1.88 bits per heavy atom. The third-order valence-corrected chi connectivity index (χ3v) is 4.73. The van der Waals surface area contributed by atoms with E-state index in [1.165, 1.54) is 13.5 Å². The summed E-state index contributed by atoms with van der Waals surface area (Å²) < 4.78 is 4.85. The number of esters is 1. The first-order valence-electron chi connectivity index (χ1n) is 6.39. The lowest BCUT2D eigenvalue weighted by atomic mass is 9.69. The predicted octanol–water partition coefficient (Wildman–Crippen LogP) is 2.27. The van der Waals surface area contributed by atoms with Gasteiger partial charge in [0.2, 0.25) is 0 Å². The Morgan fingerprint density at radius 3 is 2.25 bits per heavy atom. The van der Waals surface area contributed by atoms with Crippen LogP contribution in [-0.2, 0) is 9.53 Å². The van der Waals surface area contributed by atoms with E-state index in [-0.39, 0.29) is 5.97 Å². The molecule has 0 saturated heterocycles. The molecule has 0 aromatic carbocycles. The summed E-state index contributed by atoms with van der Waals surface area (Å²) in [7, 11) is 1.42. The summed E-state index contributed by atoms with van der Waals surface area (Å²) in [4.78, 5) is 11.8. The maximum atomic E-state index is 11.8. The van der Waals surface area contributed by atoms with E-state index >= 15 is 0 Å². The molecule has 0 radical (unpaired) electrons. The van der Waals surface area contributed by atoms with Crippen LogP contribution in [-0.4, -0.2) is 23.8 Å². The molecule has 0 aromatic heterocycles. The van der Waals surface area contributed by atoms with Gasteiger partial charge in [-0.25, -0.2) is 0 Å². The summed E-state index contributed by atoms with van der Waals surface area (Å²) in [6.45, 7) is 2.20. The van der Waals surface area contributed by atoms with E-state index in [4.69, 9.17) is 4.74 Å². The van der Waals surface area contributed by atoms with Crippen LogP contribution >= 0.6 is 0 Å². The summed E-state index contributed by atoms with van der Waals surface area (Å²) in [5, 5.41) is 10.7.